The summed E-state index contributed by atoms with van der Waals surface area (Å²) in [4.78, 5) is 68.1. The highest BCUT2D eigenvalue weighted by Gasteiger charge is 2.35. The zero-order valence-corrected chi connectivity index (χ0v) is 31.2. The lowest BCUT2D eigenvalue weighted by molar-refractivity contribution is -0.153. The molecule has 0 spiro atoms. The average Bonchev–Trinajstić information content (AvgIpc) is 3.04. The SMILES string of the molecule is CC(=O)OC(C)c1ccc2ccc(C=CC(C)(C)C(=O)NC(C(=O)NC(C)C(=O)N3CCCC(C(=O)OCC(Cl)(Cl)Cl)N3)C(C)C)c(F)c2n1. The molecule has 0 radical (unpaired) electrons. The molecule has 50 heavy (non-hydrogen) atoms. The number of hydrazine groups is 1. The van der Waals surface area contributed by atoms with Gasteiger partial charge in [0.25, 0.3) is 5.91 Å². The number of pyridine rings is 1. The Bertz CT molecular complexity index is 1630. The second kappa shape index (κ2) is 17.1. The Morgan fingerprint density at radius 3 is 2.36 bits per heavy atom. The minimum absolute atomic E-state index is 0.0846. The maximum Gasteiger partial charge on any atom is 0.325 e. The number of aromatic nitrogens is 1. The molecule has 0 aliphatic carbocycles. The molecule has 2 heterocycles. The van der Waals surface area contributed by atoms with Crippen molar-refractivity contribution in [2.75, 3.05) is 13.2 Å². The van der Waals surface area contributed by atoms with Gasteiger partial charge in [-0.05, 0) is 52.5 Å². The predicted molar refractivity (Wildman–Crippen MR) is 188 cm³/mol. The van der Waals surface area contributed by atoms with Gasteiger partial charge in [-0.25, -0.2) is 14.8 Å². The fraction of sp³-hybridized carbons (Fsp3) is 0.529. The molecule has 274 valence electrons. The molecule has 12 nitrogen and oxygen atoms in total. The lowest BCUT2D eigenvalue weighted by atomic mass is 9.89. The van der Waals surface area contributed by atoms with E-state index < -0.39 is 75.5 Å². The molecule has 3 N–H and O–H groups in total. The first-order valence-electron chi connectivity index (χ1n) is 16.1. The van der Waals surface area contributed by atoms with Crippen LogP contribution in [0.25, 0.3) is 17.0 Å². The highest BCUT2D eigenvalue weighted by Crippen LogP contribution is 2.28. The van der Waals surface area contributed by atoms with Crippen LogP contribution in [0.4, 0.5) is 4.39 Å². The van der Waals surface area contributed by atoms with Gasteiger partial charge in [0, 0.05) is 24.4 Å². The van der Waals surface area contributed by atoms with Crippen LogP contribution in [0.1, 0.15) is 78.7 Å². The summed E-state index contributed by atoms with van der Waals surface area (Å²) in [5, 5.41) is 7.19. The van der Waals surface area contributed by atoms with E-state index in [0.29, 0.717) is 23.9 Å². The Hall–Kier alpha value is -3.52. The van der Waals surface area contributed by atoms with Crippen molar-refractivity contribution in [2.45, 2.75) is 89.3 Å². The third kappa shape index (κ3) is 11.2. The van der Waals surface area contributed by atoms with Crippen molar-refractivity contribution in [3.63, 3.8) is 0 Å². The Balaban J connectivity index is 1.66. The molecular formula is C34H43Cl3FN5O7. The van der Waals surface area contributed by atoms with Gasteiger partial charge in [0.2, 0.25) is 15.6 Å². The van der Waals surface area contributed by atoms with E-state index >= 15 is 4.39 Å². The van der Waals surface area contributed by atoms with Crippen LogP contribution >= 0.6 is 34.8 Å². The summed E-state index contributed by atoms with van der Waals surface area (Å²) in [6.07, 6.45) is 3.19. The quantitative estimate of drug-likeness (QED) is 0.198. The number of benzene rings is 1. The molecule has 1 aliphatic rings. The first-order chi connectivity index (χ1) is 23.2. The van der Waals surface area contributed by atoms with Gasteiger partial charge in [-0.1, -0.05) is 79.0 Å². The van der Waals surface area contributed by atoms with Crippen LogP contribution in [-0.2, 0) is 33.4 Å². The Kier molecular flexibility index (Phi) is 14.0. The molecule has 1 aliphatic heterocycles. The summed E-state index contributed by atoms with van der Waals surface area (Å²) < 4.78 is 24.0. The number of hydrogen-bond donors (Lipinski definition) is 3. The standard InChI is InChI=1S/C34H43Cl3FN5O7/c1-18(2)27(29(45)39-19(3)30(46)43-16-8-9-25(42-43)31(47)49-17-34(35,36)37)41-32(48)33(6,7)15-14-22-10-11-23-12-13-24(20(4)50-21(5)44)40-28(23)26(22)38/h10-15,18-20,25,27,42H,8-9,16-17H2,1-7H3,(H,39,45)(H,41,48). The van der Waals surface area contributed by atoms with Crippen LogP contribution in [0.15, 0.2) is 30.3 Å². The summed E-state index contributed by atoms with van der Waals surface area (Å²) >= 11 is 16.9. The molecule has 1 aromatic carbocycles. The highest BCUT2D eigenvalue weighted by atomic mass is 35.6. The molecule has 0 saturated carbocycles. The van der Waals surface area contributed by atoms with E-state index in [1.807, 2.05) is 0 Å². The third-order valence-corrected chi connectivity index (χ3v) is 8.28. The first kappa shape index (κ1) is 40.9. The van der Waals surface area contributed by atoms with Crippen molar-refractivity contribution in [1.82, 2.24) is 26.1 Å². The van der Waals surface area contributed by atoms with E-state index in [1.54, 1.807) is 58.9 Å². The number of nitrogens with one attached hydrogen (secondary N) is 3. The van der Waals surface area contributed by atoms with Crippen LogP contribution in [0.3, 0.4) is 0 Å². The monoisotopic (exact) mass is 757 g/mol. The molecule has 2 aromatic rings. The smallest absolute Gasteiger partial charge is 0.325 e. The maximum atomic E-state index is 15.6. The van der Waals surface area contributed by atoms with Crippen LogP contribution in [0.5, 0.6) is 0 Å². The number of fused-ring (bicyclic) bond motifs is 1. The lowest BCUT2D eigenvalue weighted by Gasteiger charge is -2.35. The maximum absolute atomic E-state index is 15.6. The van der Waals surface area contributed by atoms with E-state index in [2.05, 4.69) is 21.0 Å². The molecule has 1 fully saturated rings. The van der Waals surface area contributed by atoms with E-state index in [-0.39, 0.29) is 23.5 Å². The van der Waals surface area contributed by atoms with E-state index in [0.717, 1.165) is 0 Å². The zero-order chi connectivity index (χ0) is 37.6. The number of rotatable bonds is 12. The first-order valence-corrected chi connectivity index (χ1v) is 17.2. The number of alkyl halides is 3. The minimum atomic E-state index is -1.78. The molecule has 0 bridgehead atoms. The summed E-state index contributed by atoms with van der Waals surface area (Å²) in [6, 6.07) is 3.72. The average molecular weight is 759 g/mol. The molecule has 16 heteroatoms. The van der Waals surface area contributed by atoms with Gasteiger partial charge in [-0.2, -0.15) is 0 Å². The third-order valence-electron chi connectivity index (χ3n) is 7.96. The molecule has 1 aromatic heterocycles. The largest absolute Gasteiger partial charge is 0.460 e. The van der Waals surface area contributed by atoms with Gasteiger partial charge < -0.3 is 20.1 Å². The summed E-state index contributed by atoms with van der Waals surface area (Å²) in [5.74, 6) is -3.75. The number of nitrogens with zero attached hydrogens (tertiary/aromatic N) is 2. The van der Waals surface area contributed by atoms with Gasteiger partial charge in [-0.15, -0.1) is 0 Å². The van der Waals surface area contributed by atoms with E-state index in [9.17, 15) is 24.0 Å². The Morgan fingerprint density at radius 1 is 1.08 bits per heavy atom. The van der Waals surface area contributed by atoms with Crippen molar-refractivity contribution in [2.24, 2.45) is 11.3 Å². The molecule has 4 atom stereocenters. The number of ether oxygens (including phenoxy) is 2. The fourth-order valence-electron chi connectivity index (χ4n) is 5.05. The van der Waals surface area contributed by atoms with Gasteiger partial charge in [0.05, 0.1) is 11.1 Å². The molecule has 4 unspecified atom stereocenters. The molecule has 3 amide bonds. The summed E-state index contributed by atoms with van der Waals surface area (Å²) in [6.45, 7) is 11.0. The number of carbonyl (C=O) groups is 5. The second-order valence-electron chi connectivity index (χ2n) is 13.0. The summed E-state index contributed by atoms with van der Waals surface area (Å²) in [7, 11) is 0. The van der Waals surface area contributed by atoms with E-state index in [1.165, 1.54) is 31.0 Å². The van der Waals surface area contributed by atoms with Gasteiger partial charge in [0.15, 0.2) is 5.82 Å². The van der Waals surface area contributed by atoms with Crippen molar-refractivity contribution >= 4 is 81.4 Å². The normalized spacial score (nSPS) is 17.3. The number of carbonyl (C=O) groups excluding carboxylic acids is 5. The van der Waals surface area contributed by atoms with Gasteiger partial charge >= 0.3 is 11.9 Å². The lowest BCUT2D eigenvalue weighted by Crippen LogP contribution is -2.61. The Morgan fingerprint density at radius 2 is 1.74 bits per heavy atom. The highest BCUT2D eigenvalue weighted by molar-refractivity contribution is 6.67. The number of esters is 2. The van der Waals surface area contributed by atoms with Crippen LogP contribution < -0.4 is 16.1 Å². The predicted octanol–water partition coefficient (Wildman–Crippen LogP) is 5.09. The van der Waals surface area contributed by atoms with Crippen molar-refractivity contribution in [3.8, 4) is 0 Å². The van der Waals surface area contributed by atoms with E-state index in [4.69, 9.17) is 44.3 Å². The topological polar surface area (TPSA) is 156 Å². The molecular weight excluding hydrogens is 716 g/mol. The zero-order valence-electron chi connectivity index (χ0n) is 28.9. The van der Waals surface area contributed by atoms with Crippen molar-refractivity contribution < 1.29 is 37.8 Å². The molecule has 3 rings (SSSR count). The number of hydrogen-bond acceptors (Lipinski definition) is 9. The van der Waals surface area contributed by atoms with Gasteiger partial charge in [-0.3, -0.25) is 29.0 Å². The van der Waals surface area contributed by atoms with Crippen molar-refractivity contribution in [3.05, 3.63) is 47.4 Å². The van der Waals surface area contributed by atoms with Gasteiger partial charge in [0.1, 0.15) is 36.4 Å². The minimum Gasteiger partial charge on any atom is -0.460 e. The Labute approximate surface area is 305 Å². The summed E-state index contributed by atoms with van der Waals surface area (Å²) in [5.41, 5.74) is 2.27. The number of halogens is 4. The van der Waals surface area contributed by atoms with Crippen molar-refractivity contribution in [1.29, 1.82) is 0 Å². The fourth-order valence-corrected chi connectivity index (χ4v) is 5.22. The van der Waals surface area contributed by atoms with Crippen LogP contribution in [0, 0.1) is 17.2 Å². The number of amides is 3. The second-order valence-corrected chi connectivity index (χ2v) is 15.6. The molecule has 1 saturated heterocycles. The van der Waals surface area contributed by atoms with Crippen LogP contribution in [0.2, 0.25) is 0 Å². The van der Waals surface area contributed by atoms with Crippen LogP contribution in [-0.4, -0.2) is 74.7 Å².